The van der Waals surface area contributed by atoms with E-state index in [1.165, 1.54) is 0 Å². The standard InChI is InChI=1S/C16H30O4Si/c1-8-9-10-17-14-11-18-13(2)20-15(14)12-19-21(6,7)16(3,4)5/h13-15H,10-12H2,1-7H3/t13-,14+,15+/m0/s1. The van der Waals surface area contributed by atoms with Gasteiger partial charge in [-0.3, -0.25) is 0 Å². The van der Waals surface area contributed by atoms with Crippen molar-refractivity contribution in [2.45, 2.75) is 71.2 Å². The maximum atomic E-state index is 6.26. The van der Waals surface area contributed by atoms with Gasteiger partial charge in [0.1, 0.15) is 18.8 Å². The predicted octanol–water partition coefficient (Wildman–Crippen LogP) is 3.18. The van der Waals surface area contributed by atoms with Crippen molar-refractivity contribution in [2.24, 2.45) is 0 Å². The van der Waals surface area contributed by atoms with Crippen molar-refractivity contribution in [3.8, 4) is 11.8 Å². The van der Waals surface area contributed by atoms with Crippen LogP contribution in [0.1, 0.15) is 34.6 Å². The minimum atomic E-state index is -1.78. The monoisotopic (exact) mass is 314 g/mol. The summed E-state index contributed by atoms with van der Waals surface area (Å²) in [6.45, 7) is 16.4. The molecular formula is C16H30O4Si. The minimum absolute atomic E-state index is 0.0958. The van der Waals surface area contributed by atoms with E-state index >= 15 is 0 Å². The molecular weight excluding hydrogens is 284 g/mol. The molecule has 0 N–H and O–H groups in total. The highest BCUT2D eigenvalue weighted by Gasteiger charge is 2.39. The highest BCUT2D eigenvalue weighted by Crippen LogP contribution is 2.36. The van der Waals surface area contributed by atoms with Gasteiger partial charge < -0.3 is 18.6 Å². The third-order valence-corrected chi connectivity index (χ3v) is 8.74. The second kappa shape index (κ2) is 7.75. The van der Waals surface area contributed by atoms with Crippen molar-refractivity contribution in [1.82, 2.24) is 0 Å². The Kier molecular flexibility index (Phi) is 6.89. The van der Waals surface area contributed by atoms with Gasteiger partial charge in [0.15, 0.2) is 14.6 Å². The second-order valence-electron chi connectivity index (χ2n) is 6.92. The molecule has 122 valence electrons. The van der Waals surface area contributed by atoms with Gasteiger partial charge in [0.2, 0.25) is 0 Å². The fraction of sp³-hybridized carbons (Fsp3) is 0.875. The highest BCUT2D eigenvalue weighted by atomic mass is 28.4. The minimum Gasteiger partial charge on any atom is -0.414 e. The van der Waals surface area contributed by atoms with Crippen molar-refractivity contribution >= 4 is 8.32 Å². The van der Waals surface area contributed by atoms with E-state index in [1.54, 1.807) is 6.92 Å². The van der Waals surface area contributed by atoms with Gasteiger partial charge in [-0.25, -0.2) is 0 Å². The molecule has 0 aromatic rings. The van der Waals surface area contributed by atoms with Crippen LogP contribution in [0.25, 0.3) is 0 Å². The Labute approximate surface area is 130 Å². The van der Waals surface area contributed by atoms with Crippen LogP contribution >= 0.6 is 0 Å². The average molecular weight is 314 g/mol. The molecule has 1 aliphatic heterocycles. The topological polar surface area (TPSA) is 36.9 Å². The van der Waals surface area contributed by atoms with Crippen molar-refractivity contribution < 1.29 is 18.6 Å². The first kappa shape index (κ1) is 18.7. The highest BCUT2D eigenvalue weighted by molar-refractivity contribution is 6.74. The summed E-state index contributed by atoms with van der Waals surface area (Å²) >= 11 is 0. The van der Waals surface area contributed by atoms with Gasteiger partial charge in [0.25, 0.3) is 0 Å². The van der Waals surface area contributed by atoms with E-state index in [2.05, 4.69) is 45.7 Å². The average Bonchev–Trinajstić information content (AvgIpc) is 2.37. The van der Waals surface area contributed by atoms with Crippen LogP contribution < -0.4 is 0 Å². The van der Waals surface area contributed by atoms with E-state index in [0.717, 1.165) is 0 Å². The van der Waals surface area contributed by atoms with Gasteiger partial charge in [0.05, 0.1) is 13.2 Å². The molecule has 0 saturated carbocycles. The lowest BCUT2D eigenvalue weighted by Crippen LogP contribution is -2.50. The molecule has 0 radical (unpaired) electrons. The molecule has 1 fully saturated rings. The van der Waals surface area contributed by atoms with Gasteiger partial charge in [-0.2, -0.15) is 0 Å². The van der Waals surface area contributed by atoms with Crippen LogP contribution in [0, 0.1) is 11.8 Å². The first-order valence-corrected chi connectivity index (χ1v) is 10.5. The Morgan fingerprint density at radius 1 is 1.29 bits per heavy atom. The molecule has 0 amide bonds. The third-order valence-electron chi connectivity index (χ3n) is 4.24. The van der Waals surface area contributed by atoms with Crippen LogP contribution in [0.4, 0.5) is 0 Å². The molecule has 1 rings (SSSR count). The van der Waals surface area contributed by atoms with Crippen molar-refractivity contribution in [2.75, 3.05) is 19.8 Å². The summed E-state index contributed by atoms with van der Waals surface area (Å²) in [5.74, 6) is 5.73. The Balaban J connectivity index is 2.59. The van der Waals surface area contributed by atoms with Crippen LogP contribution in [0.5, 0.6) is 0 Å². The van der Waals surface area contributed by atoms with Crippen molar-refractivity contribution in [3.05, 3.63) is 0 Å². The molecule has 1 saturated heterocycles. The summed E-state index contributed by atoms with van der Waals surface area (Å²) in [6.07, 6.45) is -0.427. The van der Waals surface area contributed by atoms with Gasteiger partial charge in [-0.15, -0.1) is 5.92 Å². The molecule has 3 atom stereocenters. The van der Waals surface area contributed by atoms with Crippen molar-refractivity contribution in [3.63, 3.8) is 0 Å². The Morgan fingerprint density at radius 2 is 1.95 bits per heavy atom. The van der Waals surface area contributed by atoms with E-state index in [4.69, 9.17) is 18.6 Å². The van der Waals surface area contributed by atoms with Gasteiger partial charge >= 0.3 is 0 Å². The summed E-state index contributed by atoms with van der Waals surface area (Å²) in [5, 5.41) is 0.188. The molecule has 1 aliphatic rings. The normalized spacial score (nSPS) is 27.1. The van der Waals surface area contributed by atoms with Gasteiger partial charge in [-0.05, 0) is 32.0 Å². The fourth-order valence-corrected chi connectivity index (χ4v) is 2.75. The van der Waals surface area contributed by atoms with Crippen molar-refractivity contribution in [1.29, 1.82) is 0 Å². The summed E-state index contributed by atoms with van der Waals surface area (Å²) in [6, 6.07) is 0. The molecule has 4 nitrogen and oxygen atoms in total. The number of ether oxygens (including phenoxy) is 3. The third kappa shape index (κ3) is 5.72. The van der Waals surface area contributed by atoms with Gasteiger partial charge in [0, 0.05) is 0 Å². The molecule has 0 bridgehead atoms. The first-order chi connectivity index (χ1) is 9.67. The van der Waals surface area contributed by atoms with Crippen LogP contribution in [0.3, 0.4) is 0 Å². The van der Waals surface area contributed by atoms with Crippen LogP contribution in [0.15, 0.2) is 0 Å². The molecule has 0 aliphatic carbocycles. The zero-order valence-corrected chi connectivity index (χ0v) is 15.5. The number of hydrogen-bond donors (Lipinski definition) is 0. The largest absolute Gasteiger partial charge is 0.414 e. The zero-order chi connectivity index (χ0) is 16.1. The Morgan fingerprint density at radius 3 is 2.52 bits per heavy atom. The number of hydrogen-bond acceptors (Lipinski definition) is 4. The van der Waals surface area contributed by atoms with E-state index in [-0.39, 0.29) is 23.5 Å². The molecule has 0 spiro atoms. The summed E-state index contributed by atoms with van der Waals surface area (Å²) in [5.41, 5.74) is 0. The number of rotatable bonds is 5. The first-order valence-electron chi connectivity index (χ1n) is 7.59. The van der Waals surface area contributed by atoms with Crippen LogP contribution in [-0.2, 0) is 18.6 Å². The molecule has 0 unspecified atom stereocenters. The maximum absolute atomic E-state index is 6.26. The van der Waals surface area contributed by atoms with E-state index < -0.39 is 8.32 Å². The smallest absolute Gasteiger partial charge is 0.192 e. The maximum Gasteiger partial charge on any atom is 0.192 e. The molecule has 21 heavy (non-hydrogen) atoms. The quantitative estimate of drug-likeness (QED) is 0.577. The van der Waals surface area contributed by atoms with Gasteiger partial charge in [-0.1, -0.05) is 26.7 Å². The van der Waals surface area contributed by atoms with E-state index in [9.17, 15) is 0 Å². The lowest BCUT2D eigenvalue weighted by Gasteiger charge is -2.40. The summed E-state index contributed by atoms with van der Waals surface area (Å²) in [4.78, 5) is 0. The van der Waals surface area contributed by atoms with E-state index in [0.29, 0.717) is 19.8 Å². The summed E-state index contributed by atoms with van der Waals surface area (Å²) in [7, 11) is -1.78. The Bertz CT molecular complexity index is 378. The fourth-order valence-electron chi connectivity index (χ4n) is 1.74. The SMILES string of the molecule is CC#CCO[C@@H]1CO[C@H](C)O[C@@H]1CO[Si](C)(C)C(C)(C)C. The van der Waals surface area contributed by atoms with E-state index in [1.807, 2.05) is 6.92 Å². The molecule has 0 aromatic carbocycles. The lowest BCUT2D eigenvalue weighted by molar-refractivity contribution is -0.257. The van der Waals surface area contributed by atoms with Crippen LogP contribution in [-0.4, -0.2) is 46.6 Å². The molecule has 0 aromatic heterocycles. The zero-order valence-electron chi connectivity index (χ0n) is 14.5. The Hall–Kier alpha value is -0.383. The summed E-state index contributed by atoms with van der Waals surface area (Å²) < 4.78 is 23.4. The van der Waals surface area contributed by atoms with Crippen LogP contribution in [0.2, 0.25) is 18.1 Å². The molecule has 5 heteroatoms. The lowest BCUT2D eigenvalue weighted by atomic mass is 10.2. The second-order valence-corrected chi connectivity index (χ2v) is 11.7. The molecule has 1 heterocycles. The predicted molar refractivity (Wildman–Crippen MR) is 86.6 cm³/mol.